The summed E-state index contributed by atoms with van der Waals surface area (Å²) < 4.78 is 5.45. The van der Waals surface area contributed by atoms with Crippen molar-refractivity contribution < 1.29 is 4.74 Å². The molecule has 20 heavy (non-hydrogen) atoms. The third kappa shape index (κ3) is 4.35. The summed E-state index contributed by atoms with van der Waals surface area (Å²) in [6, 6.07) is 0.620. The topological polar surface area (TPSA) is 40.1 Å². The van der Waals surface area contributed by atoms with E-state index in [-0.39, 0.29) is 0 Å². The quantitative estimate of drug-likeness (QED) is 0.580. The molecular weight excluding hydrogens is 252 g/mol. The maximum absolute atomic E-state index is 5.45. The highest BCUT2D eigenvalue weighted by Gasteiger charge is 2.32. The number of nitrogens with one attached hydrogen (secondary N) is 1. The predicted molar refractivity (Wildman–Crippen MR) is 83.1 cm³/mol. The van der Waals surface area contributed by atoms with Crippen LogP contribution in [-0.4, -0.2) is 76.3 Å². The van der Waals surface area contributed by atoms with E-state index in [0.717, 1.165) is 38.2 Å². The summed E-state index contributed by atoms with van der Waals surface area (Å²) in [4.78, 5) is 8.98. The molecule has 0 aromatic heterocycles. The van der Waals surface area contributed by atoms with E-state index >= 15 is 0 Å². The Balaban J connectivity index is 1.78. The maximum atomic E-state index is 5.45. The molecule has 2 rings (SSSR count). The molecule has 2 fully saturated rings. The normalized spacial score (nSPS) is 25.1. The standard InChI is InChI=1S/C15H30N4O/c1-16-15(19(4)10-12-7-8-20-11-12)17-9-14(18(2)3)13-5-6-13/h12-14H,5-11H2,1-4H3,(H,16,17). The van der Waals surface area contributed by atoms with Crippen molar-refractivity contribution >= 4 is 5.96 Å². The first-order valence-electron chi connectivity index (χ1n) is 7.77. The molecule has 1 N–H and O–H groups in total. The molecule has 2 aliphatic rings. The summed E-state index contributed by atoms with van der Waals surface area (Å²) in [7, 11) is 8.33. The molecule has 5 nitrogen and oxygen atoms in total. The highest BCUT2D eigenvalue weighted by atomic mass is 16.5. The van der Waals surface area contributed by atoms with Gasteiger partial charge in [-0.25, -0.2) is 0 Å². The van der Waals surface area contributed by atoms with Gasteiger partial charge in [-0.2, -0.15) is 0 Å². The summed E-state index contributed by atoms with van der Waals surface area (Å²) in [5.74, 6) is 2.51. The summed E-state index contributed by atoms with van der Waals surface area (Å²) in [6.45, 7) is 3.81. The fourth-order valence-electron chi connectivity index (χ4n) is 3.03. The summed E-state index contributed by atoms with van der Waals surface area (Å²) in [5.41, 5.74) is 0. The SMILES string of the molecule is CN=C(NCC(C1CC1)N(C)C)N(C)CC1CCOC1. The number of ether oxygens (including phenoxy) is 1. The van der Waals surface area contributed by atoms with E-state index in [4.69, 9.17) is 4.74 Å². The van der Waals surface area contributed by atoms with E-state index in [1.165, 1.54) is 19.3 Å². The van der Waals surface area contributed by atoms with Crippen molar-refractivity contribution in [3.8, 4) is 0 Å². The molecule has 1 saturated carbocycles. The molecule has 5 heteroatoms. The first-order valence-corrected chi connectivity index (χ1v) is 7.77. The second kappa shape index (κ2) is 7.27. The summed E-state index contributed by atoms with van der Waals surface area (Å²) in [6.07, 6.45) is 3.92. The van der Waals surface area contributed by atoms with Gasteiger partial charge in [-0.15, -0.1) is 0 Å². The Hall–Kier alpha value is -0.810. The monoisotopic (exact) mass is 282 g/mol. The number of hydrogen-bond donors (Lipinski definition) is 1. The minimum Gasteiger partial charge on any atom is -0.381 e. The second-order valence-electron chi connectivity index (χ2n) is 6.41. The summed E-state index contributed by atoms with van der Waals surface area (Å²) >= 11 is 0. The van der Waals surface area contributed by atoms with Crippen LogP contribution in [0.3, 0.4) is 0 Å². The average Bonchev–Trinajstić information content (AvgIpc) is 3.11. The maximum Gasteiger partial charge on any atom is 0.193 e. The van der Waals surface area contributed by atoms with Gasteiger partial charge in [-0.1, -0.05) is 0 Å². The second-order valence-corrected chi connectivity index (χ2v) is 6.41. The van der Waals surface area contributed by atoms with Crippen LogP contribution in [0.2, 0.25) is 0 Å². The molecule has 2 unspecified atom stereocenters. The number of nitrogens with zero attached hydrogens (tertiary/aromatic N) is 3. The van der Waals surface area contributed by atoms with Gasteiger partial charge >= 0.3 is 0 Å². The van der Waals surface area contributed by atoms with E-state index in [1.807, 2.05) is 7.05 Å². The molecule has 1 heterocycles. The largest absolute Gasteiger partial charge is 0.381 e. The molecule has 0 aromatic rings. The minimum absolute atomic E-state index is 0.620. The predicted octanol–water partition coefficient (Wildman–Crippen LogP) is 0.870. The van der Waals surface area contributed by atoms with Gasteiger partial charge in [0, 0.05) is 45.8 Å². The highest BCUT2D eigenvalue weighted by molar-refractivity contribution is 5.79. The molecule has 0 amide bonds. The molecule has 2 atom stereocenters. The molecule has 0 bridgehead atoms. The van der Waals surface area contributed by atoms with Crippen LogP contribution in [0.4, 0.5) is 0 Å². The smallest absolute Gasteiger partial charge is 0.193 e. The molecule has 1 aliphatic carbocycles. The van der Waals surface area contributed by atoms with Gasteiger partial charge < -0.3 is 19.9 Å². The van der Waals surface area contributed by atoms with Gasteiger partial charge in [-0.05, 0) is 39.3 Å². The highest BCUT2D eigenvalue weighted by Crippen LogP contribution is 2.34. The average molecular weight is 282 g/mol. The molecule has 0 radical (unpaired) electrons. The van der Waals surface area contributed by atoms with E-state index in [9.17, 15) is 0 Å². The van der Waals surface area contributed by atoms with Crippen LogP contribution in [0.1, 0.15) is 19.3 Å². The zero-order chi connectivity index (χ0) is 14.5. The Morgan fingerprint density at radius 3 is 2.55 bits per heavy atom. The Bertz CT molecular complexity index is 320. The Labute approximate surface area is 123 Å². The lowest BCUT2D eigenvalue weighted by Gasteiger charge is -2.29. The summed E-state index contributed by atoms with van der Waals surface area (Å²) in [5, 5.41) is 3.54. The van der Waals surface area contributed by atoms with Crippen molar-refractivity contribution in [3.05, 3.63) is 0 Å². The van der Waals surface area contributed by atoms with Crippen LogP contribution in [-0.2, 0) is 4.74 Å². The lowest BCUT2D eigenvalue weighted by atomic mass is 10.1. The lowest BCUT2D eigenvalue weighted by molar-refractivity contribution is 0.181. The van der Waals surface area contributed by atoms with Crippen LogP contribution in [0.25, 0.3) is 0 Å². The fourth-order valence-corrected chi connectivity index (χ4v) is 3.03. The van der Waals surface area contributed by atoms with Crippen molar-refractivity contribution in [1.82, 2.24) is 15.1 Å². The minimum atomic E-state index is 0.620. The number of likely N-dealkylation sites (N-methyl/N-ethyl adjacent to an activating group) is 1. The number of hydrogen-bond acceptors (Lipinski definition) is 3. The third-order valence-electron chi connectivity index (χ3n) is 4.43. The van der Waals surface area contributed by atoms with Gasteiger partial charge in [0.1, 0.15) is 0 Å². The zero-order valence-electron chi connectivity index (χ0n) is 13.4. The van der Waals surface area contributed by atoms with Gasteiger partial charge in [0.15, 0.2) is 5.96 Å². The molecular formula is C15H30N4O. The first-order chi connectivity index (χ1) is 9.61. The van der Waals surface area contributed by atoms with Gasteiger partial charge in [-0.3, -0.25) is 4.99 Å². The fraction of sp³-hybridized carbons (Fsp3) is 0.933. The zero-order valence-corrected chi connectivity index (χ0v) is 13.4. The van der Waals surface area contributed by atoms with Gasteiger partial charge in [0.2, 0.25) is 0 Å². The Morgan fingerprint density at radius 2 is 2.05 bits per heavy atom. The van der Waals surface area contributed by atoms with Crippen LogP contribution >= 0.6 is 0 Å². The molecule has 0 spiro atoms. The first kappa shape index (κ1) is 15.6. The van der Waals surface area contributed by atoms with Crippen molar-refractivity contribution in [1.29, 1.82) is 0 Å². The van der Waals surface area contributed by atoms with Crippen molar-refractivity contribution in [3.63, 3.8) is 0 Å². The van der Waals surface area contributed by atoms with Crippen LogP contribution < -0.4 is 5.32 Å². The van der Waals surface area contributed by atoms with Gasteiger partial charge in [0.25, 0.3) is 0 Å². The Morgan fingerprint density at radius 1 is 1.30 bits per heavy atom. The number of guanidine groups is 1. The third-order valence-corrected chi connectivity index (χ3v) is 4.43. The van der Waals surface area contributed by atoms with E-state index in [1.54, 1.807) is 0 Å². The molecule has 116 valence electrons. The number of aliphatic imine (C=N–C) groups is 1. The van der Waals surface area contributed by atoms with Crippen LogP contribution in [0.15, 0.2) is 4.99 Å². The molecule has 0 aromatic carbocycles. The van der Waals surface area contributed by atoms with Crippen molar-refractivity contribution in [2.45, 2.75) is 25.3 Å². The van der Waals surface area contributed by atoms with E-state index in [0.29, 0.717) is 12.0 Å². The molecule has 1 saturated heterocycles. The van der Waals surface area contributed by atoms with E-state index in [2.05, 4.69) is 41.3 Å². The van der Waals surface area contributed by atoms with Crippen molar-refractivity contribution in [2.75, 3.05) is 54.5 Å². The lowest BCUT2D eigenvalue weighted by Crippen LogP contribution is -2.47. The van der Waals surface area contributed by atoms with Crippen LogP contribution in [0, 0.1) is 11.8 Å². The Kier molecular flexibility index (Phi) is 5.66. The molecule has 1 aliphatic heterocycles. The van der Waals surface area contributed by atoms with E-state index < -0.39 is 0 Å². The van der Waals surface area contributed by atoms with Crippen molar-refractivity contribution in [2.24, 2.45) is 16.8 Å². The number of rotatable bonds is 6. The van der Waals surface area contributed by atoms with Crippen LogP contribution in [0.5, 0.6) is 0 Å². The van der Waals surface area contributed by atoms with Gasteiger partial charge in [0.05, 0.1) is 6.61 Å².